The number of carbonyl (C=O) groups excluding carboxylic acids is 1. The van der Waals surface area contributed by atoms with E-state index in [1.807, 2.05) is 0 Å². The van der Waals surface area contributed by atoms with Gasteiger partial charge in [0, 0.05) is 6.42 Å². The summed E-state index contributed by atoms with van der Waals surface area (Å²) in [5.74, 6) is -0.0651. The van der Waals surface area contributed by atoms with Crippen molar-refractivity contribution in [3.05, 3.63) is 0 Å². The van der Waals surface area contributed by atoms with Crippen LogP contribution in [0.4, 0.5) is 0 Å². The second-order valence-electron chi connectivity index (χ2n) is 12.9. The van der Waals surface area contributed by atoms with Gasteiger partial charge in [0.15, 0.2) is 0 Å². The van der Waals surface area contributed by atoms with Gasteiger partial charge in [-0.05, 0) is 12.8 Å². The van der Waals surface area contributed by atoms with Gasteiger partial charge in [0.05, 0.1) is 32.0 Å². The molecule has 0 aromatic rings. The largest absolute Gasteiger partial charge is 0.469 e. The van der Waals surface area contributed by atoms with E-state index >= 15 is 0 Å². The maximum atomic E-state index is 10.9. The van der Waals surface area contributed by atoms with Crippen LogP contribution in [0.15, 0.2) is 0 Å². The van der Waals surface area contributed by atoms with Crippen molar-refractivity contribution in [1.29, 1.82) is 0 Å². The Morgan fingerprint density at radius 2 is 0.860 bits per heavy atom. The van der Waals surface area contributed by atoms with Gasteiger partial charge >= 0.3 is 5.97 Å². The fraction of sp³-hybridized carbons (Fsp3) is 0.973. The van der Waals surface area contributed by atoms with E-state index in [0.717, 1.165) is 19.3 Å². The summed E-state index contributed by atoms with van der Waals surface area (Å²) in [6.45, 7) is 4.23. The highest BCUT2D eigenvalue weighted by Gasteiger charge is 2.22. The predicted octanol–water partition coefficient (Wildman–Crippen LogP) is 9.54. The molecule has 0 rings (SSSR count). The van der Waals surface area contributed by atoms with Crippen molar-refractivity contribution in [2.75, 3.05) is 13.7 Å². The third-order valence-electron chi connectivity index (χ3n) is 8.61. The molecule has 6 heteroatoms. The molecular weight excluding hydrogens is 538 g/mol. The highest BCUT2D eigenvalue weighted by Crippen LogP contribution is 2.15. The fourth-order valence-electron chi connectivity index (χ4n) is 5.50. The number of methoxy groups -OCH3 is 1. The van der Waals surface area contributed by atoms with Crippen LogP contribution in [-0.4, -0.2) is 53.3 Å². The third-order valence-corrected chi connectivity index (χ3v) is 8.61. The van der Waals surface area contributed by atoms with E-state index in [1.54, 1.807) is 0 Å². The van der Waals surface area contributed by atoms with E-state index in [0.29, 0.717) is 12.8 Å². The van der Waals surface area contributed by atoms with Crippen molar-refractivity contribution in [2.45, 2.75) is 218 Å². The van der Waals surface area contributed by atoms with Crippen LogP contribution >= 0.6 is 0 Å². The second kappa shape index (κ2) is 37.5. The Kier molecular flexibility index (Phi) is 38.7. The maximum absolute atomic E-state index is 10.9. The van der Waals surface area contributed by atoms with E-state index in [2.05, 4.69) is 18.6 Å². The molecule has 0 saturated carbocycles. The number of rotatable bonds is 32. The number of hydrogen-bond donors (Lipinski definition) is 4. The molecule has 0 saturated heterocycles. The molecule has 0 spiro atoms. The summed E-state index contributed by atoms with van der Waals surface area (Å²) in [4.78, 5) is 10.9. The van der Waals surface area contributed by atoms with E-state index in [1.165, 1.54) is 161 Å². The van der Waals surface area contributed by atoms with Gasteiger partial charge in [-0.2, -0.15) is 0 Å². The molecule has 3 atom stereocenters. The molecule has 260 valence electrons. The Balaban J connectivity index is 0. The number of esters is 1. The summed E-state index contributed by atoms with van der Waals surface area (Å²) in [5, 5.41) is 28.2. The first-order chi connectivity index (χ1) is 20.9. The Morgan fingerprint density at radius 1 is 0.558 bits per heavy atom. The van der Waals surface area contributed by atoms with Crippen LogP contribution in [0.1, 0.15) is 200 Å². The van der Waals surface area contributed by atoms with Gasteiger partial charge < -0.3 is 25.8 Å². The molecule has 43 heavy (non-hydrogen) atoms. The normalized spacial score (nSPS) is 13.3. The lowest BCUT2D eigenvalue weighted by Crippen LogP contribution is -2.45. The minimum absolute atomic E-state index is 0.0651. The standard InChI is InChI=1S/C19H38O2.C18H39NO3/c1-3-4-5-6-7-8-9-10-11-12-13-14-15-16-17-18-19(20)21-2;1-2-3-4-5-6-7-8-9-10-11-12-13-14-17(21)18(22)16(19)15-20/h3-18H2,1-2H3;16-18,20-22H,2-15,19H2,1H3. The molecule has 3 unspecified atom stereocenters. The van der Waals surface area contributed by atoms with Crippen molar-refractivity contribution >= 4 is 5.97 Å². The average Bonchev–Trinajstić information content (AvgIpc) is 3.02. The third kappa shape index (κ3) is 35.7. The van der Waals surface area contributed by atoms with E-state index in [-0.39, 0.29) is 12.6 Å². The molecule has 0 aliphatic carbocycles. The molecule has 0 amide bonds. The topological polar surface area (TPSA) is 113 Å². The molecule has 5 N–H and O–H groups in total. The van der Waals surface area contributed by atoms with Gasteiger partial charge in [0.2, 0.25) is 0 Å². The zero-order valence-electron chi connectivity index (χ0n) is 29.2. The van der Waals surface area contributed by atoms with Crippen LogP contribution < -0.4 is 5.73 Å². The monoisotopic (exact) mass is 616 g/mol. The Labute approximate surface area is 268 Å². The molecule has 0 aliphatic rings. The molecule has 0 fully saturated rings. The number of aliphatic hydroxyl groups is 3. The summed E-state index contributed by atoms with van der Waals surface area (Å²) >= 11 is 0. The molecule has 0 aliphatic heterocycles. The van der Waals surface area contributed by atoms with Crippen molar-refractivity contribution in [2.24, 2.45) is 5.73 Å². The molecule has 0 aromatic heterocycles. The first kappa shape index (κ1) is 44.4. The lowest BCUT2D eigenvalue weighted by molar-refractivity contribution is -0.140. The smallest absolute Gasteiger partial charge is 0.305 e. The summed E-state index contributed by atoms with van der Waals surface area (Å²) in [6, 6.07) is -0.743. The SMILES string of the molecule is CCCCCCCCCCCCCCC(O)C(O)C(N)CO.CCCCCCCCCCCCCCCCCC(=O)OC. The van der Waals surface area contributed by atoms with Gasteiger partial charge in [0.1, 0.15) is 0 Å². The summed E-state index contributed by atoms with van der Waals surface area (Å²) < 4.78 is 4.63. The van der Waals surface area contributed by atoms with Gasteiger partial charge in [-0.1, -0.05) is 181 Å². The van der Waals surface area contributed by atoms with Gasteiger partial charge in [-0.25, -0.2) is 0 Å². The predicted molar refractivity (Wildman–Crippen MR) is 184 cm³/mol. The Bertz CT molecular complexity index is 533. The molecule has 0 radical (unpaired) electrons. The quantitative estimate of drug-likeness (QED) is 0.0443. The van der Waals surface area contributed by atoms with Crippen LogP contribution in [-0.2, 0) is 9.53 Å². The highest BCUT2D eigenvalue weighted by atomic mass is 16.5. The number of ether oxygens (including phenoxy) is 1. The van der Waals surface area contributed by atoms with Crippen LogP contribution in [0.2, 0.25) is 0 Å². The number of unbranched alkanes of at least 4 members (excludes halogenated alkanes) is 25. The zero-order valence-corrected chi connectivity index (χ0v) is 29.2. The summed E-state index contributed by atoms with van der Waals surface area (Å²) in [5.41, 5.74) is 5.49. The highest BCUT2D eigenvalue weighted by molar-refractivity contribution is 5.68. The van der Waals surface area contributed by atoms with E-state index in [9.17, 15) is 15.0 Å². The second-order valence-corrected chi connectivity index (χ2v) is 12.9. The molecular formula is C37H77NO5. The van der Waals surface area contributed by atoms with Crippen LogP contribution in [0.25, 0.3) is 0 Å². The number of aliphatic hydroxyl groups excluding tert-OH is 3. The molecule has 0 aromatic carbocycles. The average molecular weight is 616 g/mol. The van der Waals surface area contributed by atoms with Crippen molar-refractivity contribution in [1.82, 2.24) is 0 Å². The van der Waals surface area contributed by atoms with E-state index < -0.39 is 18.2 Å². The van der Waals surface area contributed by atoms with Crippen LogP contribution in [0, 0.1) is 0 Å². The minimum atomic E-state index is -1.02. The lowest BCUT2D eigenvalue weighted by Gasteiger charge is -2.22. The maximum Gasteiger partial charge on any atom is 0.305 e. The van der Waals surface area contributed by atoms with Crippen molar-refractivity contribution in [3.63, 3.8) is 0 Å². The van der Waals surface area contributed by atoms with Gasteiger partial charge in [0.25, 0.3) is 0 Å². The Hall–Kier alpha value is -0.690. The fourth-order valence-corrected chi connectivity index (χ4v) is 5.50. The first-order valence-electron chi connectivity index (χ1n) is 18.7. The number of hydrogen-bond acceptors (Lipinski definition) is 6. The zero-order chi connectivity index (χ0) is 32.2. The summed E-state index contributed by atoms with van der Waals surface area (Å²) in [7, 11) is 1.47. The minimum Gasteiger partial charge on any atom is -0.469 e. The number of carbonyl (C=O) groups is 1. The van der Waals surface area contributed by atoms with Crippen molar-refractivity contribution in [3.8, 4) is 0 Å². The first-order valence-corrected chi connectivity index (χ1v) is 18.7. The molecule has 6 nitrogen and oxygen atoms in total. The van der Waals surface area contributed by atoms with Crippen molar-refractivity contribution < 1.29 is 24.9 Å². The van der Waals surface area contributed by atoms with Gasteiger partial charge in [-0.3, -0.25) is 4.79 Å². The van der Waals surface area contributed by atoms with Crippen LogP contribution in [0.5, 0.6) is 0 Å². The van der Waals surface area contributed by atoms with Crippen LogP contribution in [0.3, 0.4) is 0 Å². The van der Waals surface area contributed by atoms with Gasteiger partial charge in [-0.15, -0.1) is 0 Å². The Morgan fingerprint density at radius 3 is 1.16 bits per heavy atom. The lowest BCUT2D eigenvalue weighted by atomic mass is 10.00. The van der Waals surface area contributed by atoms with E-state index in [4.69, 9.17) is 10.8 Å². The summed E-state index contributed by atoms with van der Waals surface area (Å²) in [6.07, 6.45) is 35.0. The molecule has 0 bridgehead atoms. The molecule has 0 heterocycles. The number of nitrogens with two attached hydrogens (primary N) is 1.